The summed E-state index contributed by atoms with van der Waals surface area (Å²) in [5, 5.41) is 4.64. The van der Waals surface area contributed by atoms with Gasteiger partial charge in [0.1, 0.15) is 17.3 Å². The van der Waals surface area contributed by atoms with Crippen molar-refractivity contribution in [1.82, 2.24) is 19.7 Å². The van der Waals surface area contributed by atoms with Crippen molar-refractivity contribution < 1.29 is 9.13 Å². The van der Waals surface area contributed by atoms with E-state index < -0.39 is 0 Å². The number of hydrogen-bond acceptors (Lipinski definition) is 4. The van der Waals surface area contributed by atoms with Crippen LogP contribution >= 0.6 is 0 Å². The number of benzene rings is 1. The molecule has 2 heterocycles. The third kappa shape index (κ3) is 4.25. The number of nitrogens with zero attached hydrogens (tertiary/aromatic N) is 4. The van der Waals surface area contributed by atoms with Gasteiger partial charge in [-0.3, -0.25) is 0 Å². The molecule has 0 aliphatic carbocycles. The second-order valence-electron chi connectivity index (χ2n) is 7.13. The van der Waals surface area contributed by atoms with E-state index in [2.05, 4.69) is 23.8 Å². The maximum absolute atomic E-state index is 14.3. The van der Waals surface area contributed by atoms with E-state index in [1.54, 1.807) is 23.9 Å². The second-order valence-corrected chi connectivity index (χ2v) is 7.13. The van der Waals surface area contributed by atoms with E-state index in [4.69, 9.17) is 9.72 Å². The summed E-state index contributed by atoms with van der Waals surface area (Å²) < 4.78 is 21.2. The molecule has 0 amide bonds. The predicted octanol–water partition coefficient (Wildman–Crippen LogP) is 3.04. The first-order valence-corrected chi connectivity index (χ1v) is 9.00. The van der Waals surface area contributed by atoms with Gasteiger partial charge >= 0.3 is 0 Å². The van der Waals surface area contributed by atoms with E-state index in [0.29, 0.717) is 11.6 Å². The quantitative estimate of drug-likeness (QED) is 0.773. The van der Waals surface area contributed by atoms with Crippen molar-refractivity contribution in [3.63, 3.8) is 0 Å². The Labute approximate surface area is 148 Å². The van der Waals surface area contributed by atoms with Crippen LogP contribution in [0.2, 0.25) is 0 Å². The zero-order valence-corrected chi connectivity index (χ0v) is 15.3. The van der Waals surface area contributed by atoms with Crippen molar-refractivity contribution in [3.05, 3.63) is 41.7 Å². The van der Waals surface area contributed by atoms with Crippen LogP contribution in [-0.2, 0) is 11.2 Å². The monoisotopic (exact) mass is 346 g/mol. The van der Waals surface area contributed by atoms with Crippen molar-refractivity contribution in [1.29, 1.82) is 0 Å². The number of likely N-dealkylation sites (tertiary alicyclic amines) is 1. The van der Waals surface area contributed by atoms with Crippen molar-refractivity contribution >= 4 is 0 Å². The van der Waals surface area contributed by atoms with Gasteiger partial charge in [0.05, 0.1) is 6.61 Å². The lowest BCUT2D eigenvalue weighted by atomic mass is 10.1. The summed E-state index contributed by atoms with van der Waals surface area (Å²) in [6, 6.07) is 6.78. The smallest absolute Gasteiger partial charge is 0.151 e. The minimum Gasteiger partial charge on any atom is -0.383 e. The number of halogens is 1. The molecule has 6 heteroatoms. The van der Waals surface area contributed by atoms with E-state index in [9.17, 15) is 4.39 Å². The van der Waals surface area contributed by atoms with Gasteiger partial charge in [0.25, 0.3) is 0 Å². The molecule has 1 aromatic heterocycles. The first-order valence-electron chi connectivity index (χ1n) is 9.00. The summed E-state index contributed by atoms with van der Waals surface area (Å²) >= 11 is 0. The Hall–Kier alpha value is -1.79. The lowest BCUT2D eigenvalue weighted by Gasteiger charge is -2.15. The highest BCUT2D eigenvalue weighted by atomic mass is 19.1. The van der Waals surface area contributed by atoms with Gasteiger partial charge in [-0.15, -0.1) is 0 Å². The standard InChI is InChI=1S/C19H27FN4O/c1-14(2)12-18-21-19(15-8-9-23(13-15)10-11-25-3)24(22-18)17-7-5-4-6-16(17)20/h4-7,14-15H,8-13H2,1-3H3. The zero-order chi connectivity index (χ0) is 17.8. The van der Waals surface area contributed by atoms with Crippen LogP contribution in [0.25, 0.3) is 5.69 Å². The topological polar surface area (TPSA) is 43.2 Å². The average Bonchev–Trinajstić information content (AvgIpc) is 3.19. The normalized spacial score (nSPS) is 18.4. The molecule has 1 aromatic carbocycles. The summed E-state index contributed by atoms with van der Waals surface area (Å²) in [5.41, 5.74) is 0.482. The van der Waals surface area contributed by atoms with E-state index in [1.807, 2.05) is 6.07 Å². The molecular weight excluding hydrogens is 319 g/mol. The maximum atomic E-state index is 14.3. The molecule has 3 rings (SSSR count). The molecule has 0 saturated carbocycles. The molecule has 136 valence electrons. The molecule has 1 aliphatic rings. The third-order valence-electron chi connectivity index (χ3n) is 4.60. The number of aromatic nitrogens is 3. The summed E-state index contributed by atoms with van der Waals surface area (Å²) in [6.45, 7) is 7.86. The summed E-state index contributed by atoms with van der Waals surface area (Å²) in [7, 11) is 1.72. The molecule has 0 radical (unpaired) electrons. The van der Waals surface area contributed by atoms with Gasteiger partial charge in [0, 0.05) is 32.5 Å². The minimum absolute atomic E-state index is 0.265. The molecule has 2 aromatic rings. The molecule has 0 spiro atoms. The van der Waals surface area contributed by atoms with Gasteiger partial charge in [-0.2, -0.15) is 5.10 Å². The van der Waals surface area contributed by atoms with Gasteiger partial charge in [-0.25, -0.2) is 14.1 Å². The molecule has 0 bridgehead atoms. The van der Waals surface area contributed by atoms with E-state index in [-0.39, 0.29) is 11.7 Å². The lowest BCUT2D eigenvalue weighted by molar-refractivity contribution is 0.160. The summed E-state index contributed by atoms with van der Waals surface area (Å²) in [5.74, 6) is 2.14. The Morgan fingerprint density at radius 1 is 1.32 bits per heavy atom. The zero-order valence-electron chi connectivity index (χ0n) is 15.3. The first kappa shape index (κ1) is 18.0. The minimum atomic E-state index is -0.265. The molecule has 0 N–H and O–H groups in total. The fourth-order valence-electron chi connectivity index (χ4n) is 3.35. The highest BCUT2D eigenvalue weighted by Crippen LogP contribution is 2.28. The first-order chi connectivity index (χ1) is 12.1. The number of ether oxygens (including phenoxy) is 1. The van der Waals surface area contributed by atoms with Crippen LogP contribution in [0.15, 0.2) is 24.3 Å². The molecule has 5 nitrogen and oxygen atoms in total. The second kappa shape index (κ2) is 8.06. The molecule has 1 saturated heterocycles. The van der Waals surface area contributed by atoms with Gasteiger partial charge in [-0.1, -0.05) is 26.0 Å². The third-order valence-corrected chi connectivity index (χ3v) is 4.60. The number of hydrogen-bond donors (Lipinski definition) is 0. The molecule has 1 unspecified atom stereocenters. The average molecular weight is 346 g/mol. The Bertz CT molecular complexity index is 700. The van der Waals surface area contributed by atoms with Crippen LogP contribution in [0, 0.1) is 11.7 Å². The van der Waals surface area contributed by atoms with Crippen molar-refractivity contribution in [2.24, 2.45) is 5.92 Å². The van der Waals surface area contributed by atoms with Crippen LogP contribution < -0.4 is 0 Å². The summed E-state index contributed by atoms with van der Waals surface area (Å²) in [4.78, 5) is 7.16. The van der Waals surface area contributed by atoms with E-state index >= 15 is 0 Å². The van der Waals surface area contributed by atoms with Crippen LogP contribution in [0.4, 0.5) is 4.39 Å². The van der Waals surface area contributed by atoms with Crippen molar-refractivity contribution in [2.75, 3.05) is 33.4 Å². The summed E-state index contributed by atoms with van der Waals surface area (Å²) in [6.07, 6.45) is 1.81. The van der Waals surface area contributed by atoms with Crippen molar-refractivity contribution in [3.8, 4) is 5.69 Å². The fraction of sp³-hybridized carbons (Fsp3) is 0.579. The molecule has 25 heavy (non-hydrogen) atoms. The SMILES string of the molecule is COCCN1CCC(c2nc(CC(C)C)nn2-c2ccccc2F)C1. The Kier molecular flexibility index (Phi) is 5.81. The molecule has 1 atom stereocenters. The van der Waals surface area contributed by atoms with E-state index in [1.165, 1.54) is 6.07 Å². The lowest BCUT2D eigenvalue weighted by Crippen LogP contribution is -2.25. The molecule has 1 aliphatic heterocycles. The van der Waals surface area contributed by atoms with Crippen molar-refractivity contribution in [2.45, 2.75) is 32.6 Å². The number of para-hydroxylation sites is 1. The Morgan fingerprint density at radius 3 is 2.84 bits per heavy atom. The number of methoxy groups -OCH3 is 1. The van der Waals surface area contributed by atoms with Crippen LogP contribution in [0.3, 0.4) is 0 Å². The number of rotatable bonds is 7. The van der Waals surface area contributed by atoms with Crippen LogP contribution in [0.1, 0.15) is 37.8 Å². The van der Waals surface area contributed by atoms with Gasteiger partial charge in [-0.05, 0) is 31.0 Å². The van der Waals surface area contributed by atoms with Crippen LogP contribution in [-0.4, -0.2) is 53.0 Å². The Balaban J connectivity index is 1.89. The molecular formula is C19H27FN4O. The highest BCUT2D eigenvalue weighted by Gasteiger charge is 2.29. The maximum Gasteiger partial charge on any atom is 0.151 e. The van der Waals surface area contributed by atoms with Crippen LogP contribution in [0.5, 0.6) is 0 Å². The largest absolute Gasteiger partial charge is 0.383 e. The van der Waals surface area contributed by atoms with Gasteiger partial charge in [0.15, 0.2) is 5.82 Å². The predicted molar refractivity (Wildman–Crippen MR) is 95.5 cm³/mol. The van der Waals surface area contributed by atoms with E-state index in [0.717, 1.165) is 50.7 Å². The van der Waals surface area contributed by atoms with Gasteiger partial charge in [0.2, 0.25) is 0 Å². The Morgan fingerprint density at radius 2 is 2.12 bits per heavy atom. The fourth-order valence-corrected chi connectivity index (χ4v) is 3.35. The molecule has 1 fully saturated rings. The highest BCUT2D eigenvalue weighted by molar-refractivity contribution is 5.34. The van der Waals surface area contributed by atoms with Gasteiger partial charge < -0.3 is 9.64 Å².